The fourth-order valence-electron chi connectivity index (χ4n) is 0.263. The Morgan fingerprint density at radius 1 is 1.12 bits per heavy atom. The van der Waals surface area contributed by atoms with Crippen LogP contribution in [0.1, 0.15) is 13.8 Å². The van der Waals surface area contributed by atoms with E-state index in [0.717, 1.165) is 5.57 Å². The quantitative estimate of drug-likeness (QED) is 0.228. The number of carbonyl (C=O) groups is 2. The molecule has 0 aromatic carbocycles. The molecule has 0 saturated carbocycles. The summed E-state index contributed by atoms with van der Waals surface area (Å²) in [6.07, 6.45) is 1.12. The van der Waals surface area contributed by atoms with Crippen molar-refractivity contribution in [1.82, 2.24) is 0 Å². The molecule has 0 amide bonds. The van der Waals surface area contributed by atoms with Crippen LogP contribution in [0.2, 0.25) is 0 Å². The topological polar surface area (TPSA) is 34.1 Å². The fourth-order valence-corrected chi connectivity index (χ4v) is 0.263. The first-order valence-corrected chi connectivity index (χ1v) is 2.30. The average Bonchev–Trinajstić information content (AvgIpc) is 1.69. The molecule has 8 heavy (non-hydrogen) atoms. The molecule has 0 saturated heterocycles. The first-order chi connectivity index (χ1) is 3.72. The molecule has 0 rings (SSSR count). The third-order valence-electron chi connectivity index (χ3n) is 0.831. The Hall–Kier alpha value is -0.920. The van der Waals surface area contributed by atoms with Crippen molar-refractivity contribution in [3.63, 3.8) is 0 Å². The summed E-state index contributed by atoms with van der Waals surface area (Å²) >= 11 is 0. The summed E-state index contributed by atoms with van der Waals surface area (Å²) in [5.74, 6) is 0. The summed E-state index contributed by atoms with van der Waals surface area (Å²) in [4.78, 5) is 19.8. The molecule has 2 heteroatoms. The molecule has 0 fully saturated rings. The Morgan fingerprint density at radius 2 is 1.50 bits per heavy atom. The van der Waals surface area contributed by atoms with Crippen LogP contribution in [0.3, 0.4) is 0 Å². The summed E-state index contributed by atoms with van der Waals surface area (Å²) in [6, 6.07) is 0. The van der Waals surface area contributed by atoms with Gasteiger partial charge >= 0.3 is 0 Å². The van der Waals surface area contributed by atoms with Crippen molar-refractivity contribution in [3.05, 3.63) is 11.1 Å². The number of allylic oxidation sites excluding steroid dienone is 2. The number of hydrogen-bond acceptors (Lipinski definition) is 2. The molecule has 0 bridgehead atoms. The van der Waals surface area contributed by atoms with Gasteiger partial charge in [0.1, 0.15) is 0 Å². The van der Waals surface area contributed by atoms with Gasteiger partial charge in [0, 0.05) is 0 Å². The molecule has 0 spiro atoms. The second kappa shape index (κ2) is 3.13. The first-order valence-electron chi connectivity index (χ1n) is 2.30. The molecule has 0 aliphatic heterocycles. The highest BCUT2D eigenvalue weighted by atomic mass is 16.1. The third-order valence-corrected chi connectivity index (χ3v) is 0.831. The monoisotopic (exact) mass is 112 g/mol. The number of rotatable bonds is 2. The van der Waals surface area contributed by atoms with Gasteiger partial charge in [-0.05, 0) is 13.8 Å². The van der Waals surface area contributed by atoms with E-state index in [1.807, 2.05) is 0 Å². The zero-order valence-corrected chi connectivity index (χ0v) is 4.97. The lowest BCUT2D eigenvalue weighted by Crippen LogP contribution is -1.87. The Kier molecular flexibility index (Phi) is 2.77. The van der Waals surface area contributed by atoms with Crippen LogP contribution in [0.15, 0.2) is 11.1 Å². The highest BCUT2D eigenvalue weighted by Gasteiger charge is 1.90. The standard InChI is InChI=1S/C6H8O2/c1-5(2)6(3-7)4-8/h3-4H,1-2H3. The minimum Gasteiger partial charge on any atom is -0.298 e. The molecule has 44 valence electrons. The van der Waals surface area contributed by atoms with E-state index in [1.165, 1.54) is 0 Å². The van der Waals surface area contributed by atoms with Crippen LogP contribution >= 0.6 is 0 Å². The van der Waals surface area contributed by atoms with Crippen LogP contribution in [-0.4, -0.2) is 12.6 Å². The van der Waals surface area contributed by atoms with Gasteiger partial charge in [-0.3, -0.25) is 9.59 Å². The highest BCUT2D eigenvalue weighted by Crippen LogP contribution is 1.93. The normalized spacial score (nSPS) is 7.75. The minimum absolute atomic E-state index is 0.241. The number of aldehydes is 2. The molecule has 0 radical (unpaired) electrons. The molecule has 0 aliphatic carbocycles. The molecule has 0 N–H and O–H groups in total. The first kappa shape index (κ1) is 7.08. The lowest BCUT2D eigenvalue weighted by Gasteiger charge is -1.86. The smallest absolute Gasteiger partial charge is 0.153 e. The van der Waals surface area contributed by atoms with Gasteiger partial charge in [0.05, 0.1) is 5.57 Å². The van der Waals surface area contributed by atoms with E-state index in [9.17, 15) is 9.59 Å². The Balaban J connectivity index is 4.30. The molecule has 0 aliphatic rings. The molecule has 0 aromatic rings. The van der Waals surface area contributed by atoms with Gasteiger partial charge in [0.25, 0.3) is 0 Å². The zero-order valence-electron chi connectivity index (χ0n) is 4.97. The predicted molar refractivity (Wildman–Crippen MR) is 30.5 cm³/mol. The van der Waals surface area contributed by atoms with E-state index >= 15 is 0 Å². The van der Waals surface area contributed by atoms with Crippen LogP contribution in [0.25, 0.3) is 0 Å². The predicted octanol–water partition coefficient (Wildman–Crippen LogP) is 0.721. The molecule has 2 nitrogen and oxygen atoms in total. The maximum atomic E-state index is 9.89. The highest BCUT2D eigenvalue weighted by molar-refractivity contribution is 5.99. The van der Waals surface area contributed by atoms with Crippen molar-refractivity contribution in [1.29, 1.82) is 0 Å². The van der Waals surface area contributed by atoms with Gasteiger partial charge in [-0.25, -0.2) is 0 Å². The minimum atomic E-state index is 0.241. The van der Waals surface area contributed by atoms with Crippen molar-refractivity contribution in [3.8, 4) is 0 Å². The van der Waals surface area contributed by atoms with E-state index in [2.05, 4.69) is 0 Å². The van der Waals surface area contributed by atoms with Crippen molar-refractivity contribution in [2.45, 2.75) is 13.8 Å². The van der Waals surface area contributed by atoms with Gasteiger partial charge < -0.3 is 0 Å². The largest absolute Gasteiger partial charge is 0.298 e. The van der Waals surface area contributed by atoms with Crippen LogP contribution in [0, 0.1) is 0 Å². The van der Waals surface area contributed by atoms with Gasteiger partial charge in [0.15, 0.2) is 12.6 Å². The third kappa shape index (κ3) is 1.69. The van der Waals surface area contributed by atoms with Crippen LogP contribution < -0.4 is 0 Å². The van der Waals surface area contributed by atoms with Crippen LogP contribution in [0.5, 0.6) is 0 Å². The van der Waals surface area contributed by atoms with E-state index in [4.69, 9.17) is 0 Å². The van der Waals surface area contributed by atoms with Crippen LogP contribution in [0.4, 0.5) is 0 Å². The van der Waals surface area contributed by atoms with Gasteiger partial charge in [-0.15, -0.1) is 0 Å². The molecule has 0 unspecified atom stereocenters. The molecular weight excluding hydrogens is 104 g/mol. The molecule has 0 atom stereocenters. The second-order valence-electron chi connectivity index (χ2n) is 1.69. The summed E-state index contributed by atoms with van der Waals surface area (Å²) < 4.78 is 0. The van der Waals surface area contributed by atoms with E-state index in [1.54, 1.807) is 13.8 Å². The Labute approximate surface area is 48.2 Å². The van der Waals surface area contributed by atoms with E-state index < -0.39 is 0 Å². The van der Waals surface area contributed by atoms with Crippen molar-refractivity contribution in [2.75, 3.05) is 0 Å². The fraction of sp³-hybridized carbons (Fsp3) is 0.333. The number of carbonyl (C=O) groups excluding carboxylic acids is 2. The SMILES string of the molecule is CC(C)=C(C=O)C=O. The van der Waals surface area contributed by atoms with Crippen LogP contribution in [-0.2, 0) is 9.59 Å². The number of hydrogen-bond donors (Lipinski definition) is 0. The zero-order chi connectivity index (χ0) is 6.57. The van der Waals surface area contributed by atoms with Crippen molar-refractivity contribution < 1.29 is 9.59 Å². The van der Waals surface area contributed by atoms with Gasteiger partial charge in [-0.2, -0.15) is 0 Å². The maximum absolute atomic E-state index is 9.89. The Morgan fingerprint density at radius 3 is 1.50 bits per heavy atom. The van der Waals surface area contributed by atoms with Gasteiger partial charge in [0.2, 0.25) is 0 Å². The van der Waals surface area contributed by atoms with Crippen molar-refractivity contribution in [2.24, 2.45) is 0 Å². The van der Waals surface area contributed by atoms with Gasteiger partial charge in [-0.1, -0.05) is 5.57 Å². The second-order valence-corrected chi connectivity index (χ2v) is 1.69. The maximum Gasteiger partial charge on any atom is 0.153 e. The summed E-state index contributed by atoms with van der Waals surface area (Å²) in [5, 5.41) is 0. The molecular formula is C6H8O2. The summed E-state index contributed by atoms with van der Waals surface area (Å²) in [6.45, 7) is 3.44. The average molecular weight is 112 g/mol. The lowest BCUT2D eigenvalue weighted by atomic mass is 10.2. The summed E-state index contributed by atoms with van der Waals surface area (Å²) in [7, 11) is 0. The molecule has 0 aromatic heterocycles. The summed E-state index contributed by atoms with van der Waals surface area (Å²) in [5.41, 5.74) is 1.00. The Bertz CT molecular complexity index is 119. The van der Waals surface area contributed by atoms with E-state index in [0.29, 0.717) is 12.6 Å². The lowest BCUT2D eigenvalue weighted by molar-refractivity contribution is -0.109. The van der Waals surface area contributed by atoms with E-state index in [-0.39, 0.29) is 5.57 Å². The van der Waals surface area contributed by atoms with Crippen molar-refractivity contribution >= 4 is 12.6 Å². The molecule has 0 heterocycles.